The van der Waals surface area contributed by atoms with Crippen molar-refractivity contribution in [2.24, 2.45) is 5.92 Å². The monoisotopic (exact) mass is 436 g/mol. The van der Waals surface area contributed by atoms with E-state index < -0.39 is 0 Å². The van der Waals surface area contributed by atoms with Crippen molar-refractivity contribution in [1.82, 2.24) is 14.9 Å². The number of amides is 1. The smallest absolute Gasteiger partial charge is 0.223 e. The fraction of sp³-hybridized carbons (Fsp3) is 0.440. The first kappa shape index (κ1) is 20.9. The Morgan fingerprint density at radius 3 is 2.62 bits per heavy atom. The first-order valence-electron chi connectivity index (χ1n) is 11.4. The molecule has 1 N–H and O–H groups in total. The summed E-state index contributed by atoms with van der Waals surface area (Å²) in [6.07, 6.45) is 2.43. The van der Waals surface area contributed by atoms with Gasteiger partial charge in [0, 0.05) is 25.6 Å². The maximum Gasteiger partial charge on any atom is 0.223 e. The molecule has 5 rings (SSSR count). The summed E-state index contributed by atoms with van der Waals surface area (Å²) in [6.45, 7) is 6.96. The van der Waals surface area contributed by atoms with Gasteiger partial charge in [0.25, 0.3) is 0 Å². The molecule has 0 saturated carbocycles. The second-order valence-corrected chi connectivity index (χ2v) is 8.98. The molecule has 0 radical (unpaired) electrons. The van der Waals surface area contributed by atoms with Gasteiger partial charge in [-0.05, 0) is 74.6 Å². The maximum absolute atomic E-state index is 14.1. The van der Waals surface area contributed by atoms with Crippen LogP contribution in [0.3, 0.4) is 0 Å². The van der Waals surface area contributed by atoms with Crippen LogP contribution >= 0.6 is 0 Å². The molecule has 168 valence electrons. The van der Waals surface area contributed by atoms with E-state index in [2.05, 4.69) is 36.2 Å². The molecule has 7 heteroatoms. The Morgan fingerprint density at radius 1 is 1.12 bits per heavy atom. The van der Waals surface area contributed by atoms with Gasteiger partial charge in [-0.1, -0.05) is 6.07 Å². The van der Waals surface area contributed by atoms with E-state index in [0.29, 0.717) is 6.61 Å². The number of nitrogens with zero attached hydrogens (tertiary/aromatic N) is 3. The molecule has 0 unspecified atom stereocenters. The van der Waals surface area contributed by atoms with Crippen LogP contribution in [0.5, 0.6) is 0 Å². The molecule has 2 aliphatic rings. The second kappa shape index (κ2) is 8.54. The number of rotatable bonds is 4. The number of halogens is 1. The van der Waals surface area contributed by atoms with Gasteiger partial charge in [0.1, 0.15) is 5.82 Å². The van der Waals surface area contributed by atoms with Crippen molar-refractivity contribution in [3.05, 3.63) is 53.3 Å². The standard InChI is InChI=1S/C25H29FN4O2/c1-16-12-22-23(13-17(16)2)30(21-5-3-4-19(26)14-21)25(28-22)29-9-6-18(7-10-29)24(31)27-20-8-11-32-15-20/h3-5,12-14,18,20H,6-11,15H2,1-2H3,(H,27,31)/t20-/m1/s1. The van der Waals surface area contributed by atoms with Crippen LogP contribution in [0, 0.1) is 25.6 Å². The summed E-state index contributed by atoms with van der Waals surface area (Å²) < 4.78 is 21.5. The van der Waals surface area contributed by atoms with Crippen molar-refractivity contribution in [2.75, 3.05) is 31.2 Å². The van der Waals surface area contributed by atoms with Crippen LogP contribution < -0.4 is 10.2 Å². The highest BCUT2D eigenvalue weighted by Crippen LogP contribution is 2.32. The molecule has 2 aliphatic heterocycles. The Morgan fingerprint density at radius 2 is 1.91 bits per heavy atom. The number of nitrogens with one attached hydrogen (secondary N) is 1. The number of carbonyl (C=O) groups excluding carboxylic acids is 1. The molecule has 0 spiro atoms. The number of hydrogen-bond acceptors (Lipinski definition) is 4. The van der Waals surface area contributed by atoms with Crippen LogP contribution in [0.4, 0.5) is 10.3 Å². The Balaban J connectivity index is 1.43. The predicted molar refractivity (Wildman–Crippen MR) is 123 cm³/mol. The lowest BCUT2D eigenvalue weighted by atomic mass is 9.95. The molecule has 32 heavy (non-hydrogen) atoms. The fourth-order valence-electron chi connectivity index (χ4n) is 4.71. The zero-order valence-electron chi connectivity index (χ0n) is 18.6. The minimum Gasteiger partial charge on any atom is -0.379 e. The number of imidazole rings is 1. The van der Waals surface area contributed by atoms with Crippen LogP contribution in [0.25, 0.3) is 16.7 Å². The van der Waals surface area contributed by atoms with Crippen LogP contribution in [0.1, 0.15) is 30.4 Å². The van der Waals surface area contributed by atoms with Crippen molar-refractivity contribution in [3.8, 4) is 5.69 Å². The zero-order chi connectivity index (χ0) is 22.2. The number of benzene rings is 2. The predicted octanol–water partition coefficient (Wildman–Crippen LogP) is 3.90. The molecular weight excluding hydrogens is 407 g/mol. The van der Waals surface area contributed by atoms with Gasteiger partial charge in [0.15, 0.2) is 0 Å². The second-order valence-electron chi connectivity index (χ2n) is 8.98. The van der Waals surface area contributed by atoms with Gasteiger partial charge in [-0.3, -0.25) is 9.36 Å². The lowest BCUT2D eigenvalue weighted by Crippen LogP contribution is -2.44. The van der Waals surface area contributed by atoms with Gasteiger partial charge in [-0.2, -0.15) is 0 Å². The van der Waals surface area contributed by atoms with E-state index in [1.807, 2.05) is 10.6 Å². The lowest BCUT2D eigenvalue weighted by molar-refractivity contribution is -0.126. The summed E-state index contributed by atoms with van der Waals surface area (Å²) in [7, 11) is 0. The molecule has 1 amide bonds. The highest BCUT2D eigenvalue weighted by molar-refractivity contribution is 5.83. The lowest BCUT2D eigenvalue weighted by Gasteiger charge is -2.32. The molecule has 3 aromatic rings. The number of fused-ring (bicyclic) bond motifs is 1. The summed E-state index contributed by atoms with van der Waals surface area (Å²) in [5.41, 5.74) is 4.97. The number of aromatic nitrogens is 2. The topological polar surface area (TPSA) is 59.4 Å². The SMILES string of the molecule is Cc1cc2nc(N3CCC(C(=O)N[C@@H]4CCOC4)CC3)n(-c3cccc(F)c3)c2cc1C. The minimum atomic E-state index is -0.273. The zero-order valence-corrected chi connectivity index (χ0v) is 18.6. The number of hydrogen-bond donors (Lipinski definition) is 1. The largest absolute Gasteiger partial charge is 0.379 e. The van der Waals surface area contributed by atoms with E-state index in [1.165, 1.54) is 17.2 Å². The summed E-state index contributed by atoms with van der Waals surface area (Å²) in [6, 6.07) is 11.0. The first-order chi connectivity index (χ1) is 15.5. The third kappa shape index (κ3) is 3.97. The van der Waals surface area contributed by atoms with E-state index in [9.17, 15) is 9.18 Å². The van der Waals surface area contributed by atoms with Gasteiger partial charge in [-0.25, -0.2) is 9.37 Å². The normalized spacial score (nSPS) is 19.6. The van der Waals surface area contributed by atoms with E-state index >= 15 is 0 Å². The first-order valence-corrected chi connectivity index (χ1v) is 11.4. The van der Waals surface area contributed by atoms with E-state index in [0.717, 1.165) is 61.6 Å². The summed E-state index contributed by atoms with van der Waals surface area (Å²) in [5.74, 6) is 0.664. The van der Waals surface area contributed by atoms with Gasteiger partial charge >= 0.3 is 0 Å². The van der Waals surface area contributed by atoms with Gasteiger partial charge in [0.05, 0.1) is 29.4 Å². The summed E-state index contributed by atoms with van der Waals surface area (Å²) in [4.78, 5) is 19.9. The van der Waals surface area contributed by atoms with E-state index in [-0.39, 0.29) is 23.7 Å². The molecule has 3 heterocycles. The van der Waals surface area contributed by atoms with E-state index in [1.54, 1.807) is 12.1 Å². The van der Waals surface area contributed by atoms with Crippen LogP contribution in [0.15, 0.2) is 36.4 Å². The molecular formula is C25H29FN4O2. The molecule has 2 fully saturated rings. The molecule has 0 bridgehead atoms. The van der Waals surface area contributed by atoms with Crippen molar-refractivity contribution in [1.29, 1.82) is 0 Å². The Labute approximate surface area is 187 Å². The number of anilines is 1. The highest BCUT2D eigenvalue weighted by atomic mass is 19.1. The molecule has 1 aromatic heterocycles. The Hall–Kier alpha value is -2.93. The Bertz CT molecular complexity index is 1140. The van der Waals surface area contributed by atoms with Gasteiger partial charge in [-0.15, -0.1) is 0 Å². The minimum absolute atomic E-state index is 0.00309. The molecule has 6 nitrogen and oxygen atoms in total. The quantitative estimate of drug-likeness (QED) is 0.674. The third-order valence-electron chi connectivity index (χ3n) is 6.74. The highest BCUT2D eigenvalue weighted by Gasteiger charge is 2.30. The third-order valence-corrected chi connectivity index (χ3v) is 6.74. The number of aryl methyl sites for hydroxylation is 2. The summed E-state index contributed by atoms with van der Waals surface area (Å²) >= 11 is 0. The van der Waals surface area contributed by atoms with Crippen LogP contribution in [0.2, 0.25) is 0 Å². The van der Waals surface area contributed by atoms with Crippen LogP contribution in [-0.2, 0) is 9.53 Å². The van der Waals surface area contributed by atoms with Crippen LogP contribution in [-0.4, -0.2) is 47.8 Å². The van der Waals surface area contributed by atoms with Gasteiger partial charge in [0.2, 0.25) is 11.9 Å². The number of piperidine rings is 1. The molecule has 0 aliphatic carbocycles. The molecule has 1 atom stereocenters. The average Bonchev–Trinajstić information content (AvgIpc) is 3.42. The van der Waals surface area contributed by atoms with E-state index in [4.69, 9.17) is 9.72 Å². The fourth-order valence-corrected chi connectivity index (χ4v) is 4.71. The number of ether oxygens (including phenoxy) is 1. The van der Waals surface area contributed by atoms with Crippen molar-refractivity contribution < 1.29 is 13.9 Å². The molecule has 2 saturated heterocycles. The van der Waals surface area contributed by atoms with Gasteiger partial charge < -0.3 is 15.0 Å². The van der Waals surface area contributed by atoms with Crippen molar-refractivity contribution in [3.63, 3.8) is 0 Å². The average molecular weight is 437 g/mol. The number of carbonyl (C=O) groups is 1. The summed E-state index contributed by atoms with van der Waals surface area (Å²) in [5, 5.41) is 3.14. The molecule has 2 aromatic carbocycles. The van der Waals surface area contributed by atoms with Crippen molar-refractivity contribution >= 4 is 22.9 Å². The maximum atomic E-state index is 14.1. The Kier molecular flexibility index (Phi) is 5.59. The van der Waals surface area contributed by atoms with Crippen molar-refractivity contribution in [2.45, 2.75) is 39.2 Å².